The molecule has 21 heavy (non-hydrogen) atoms. The van der Waals surface area contributed by atoms with Crippen molar-refractivity contribution in [3.8, 4) is 0 Å². The van der Waals surface area contributed by atoms with Crippen molar-refractivity contribution in [1.29, 1.82) is 0 Å². The SMILES string of the molecule is CCC(C(=O)O)N(C)Cc1ccc([N+](=O)[O-])cc1[N+](=O)[O-]. The lowest BCUT2D eigenvalue weighted by atomic mass is 10.1. The van der Waals surface area contributed by atoms with Gasteiger partial charge in [-0.25, -0.2) is 0 Å². The van der Waals surface area contributed by atoms with E-state index in [0.717, 1.165) is 12.1 Å². The van der Waals surface area contributed by atoms with Gasteiger partial charge in [0.1, 0.15) is 6.04 Å². The Morgan fingerprint density at radius 1 is 1.33 bits per heavy atom. The van der Waals surface area contributed by atoms with Crippen LogP contribution in [0.25, 0.3) is 0 Å². The second kappa shape index (κ2) is 6.75. The number of hydrogen-bond donors (Lipinski definition) is 1. The summed E-state index contributed by atoms with van der Waals surface area (Å²) in [6, 6.07) is 2.55. The number of hydrogen-bond acceptors (Lipinski definition) is 6. The van der Waals surface area contributed by atoms with E-state index in [1.54, 1.807) is 6.92 Å². The van der Waals surface area contributed by atoms with Crippen molar-refractivity contribution in [3.63, 3.8) is 0 Å². The fraction of sp³-hybridized carbons (Fsp3) is 0.417. The Morgan fingerprint density at radius 3 is 2.38 bits per heavy atom. The minimum Gasteiger partial charge on any atom is -0.480 e. The molecule has 9 heteroatoms. The van der Waals surface area contributed by atoms with Crippen LogP contribution in [-0.4, -0.2) is 38.9 Å². The standard InChI is InChI=1S/C12H15N3O6/c1-3-10(12(16)17)13(2)7-8-4-5-9(14(18)19)6-11(8)15(20)21/h4-6,10H,3,7H2,1-2H3,(H,16,17). The number of aliphatic carboxylic acids is 1. The molecule has 0 spiro atoms. The highest BCUT2D eigenvalue weighted by Gasteiger charge is 2.25. The van der Waals surface area contributed by atoms with E-state index in [0.29, 0.717) is 6.42 Å². The van der Waals surface area contributed by atoms with Crippen LogP contribution in [0.4, 0.5) is 11.4 Å². The number of rotatable bonds is 7. The fourth-order valence-electron chi connectivity index (χ4n) is 2.02. The van der Waals surface area contributed by atoms with Crippen LogP contribution >= 0.6 is 0 Å². The molecule has 1 N–H and O–H groups in total. The molecule has 0 fully saturated rings. The van der Waals surface area contributed by atoms with Gasteiger partial charge in [-0.15, -0.1) is 0 Å². The molecule has 0 saturated carbocycles. The van der Waals surface area contributed by atoms with Gasteiger partial charge >= 0.3 is 5.97 Å². The third kappa shape index (κ3) is 3.96. The first-order valence-corrected chi connectivity index (χ1v) is 6.12. The smallest absolute Gasteiger partial charge is 0.320 e. The molecule has 0 aliphatic heterocycles. The molecule has 0 heterocycles. The van der Waals surface area contributed by atoms with Crippen molar-refractivity contribution < 1.29 is 19.7 Å². The average Bonchev–Trinajstić information content (AvgIpc) is 2.38. The van der Waals surface area contributed by atoms with Gasteiger partial charge in [0.15, 0.2) is 0 Å². The highest BCUT2D eigenvalue weighted by molar-refractivity contribution is 5.73. The Bertz CT molecular complexity index is 574. The lowest BCUT2D eigenvalue weighted by Gasteiger charge is -2.23. The maximum absolute atomic E-state index is 11.1. The highest BCUT2D eigenvalue weighted by Crippen LogP contribution is 2.26. The van der Waals surface area contributed by atoms with E-state index in [1.807, 2.05) is 0 Å². The molecule has 1 rings (SSSR count). The molecule has 1 aromatic carbocycles. The Balaban J connectivity index is 3.10. The number of nitro groups is 2. The van der Waals surface area contributed by atoms with E-state index in [4.69, 9.17) is 5.11 Å². The minimum atomic E-state index is -1.02. The van der Waals surface area contributed by atoms with Crippen LogP contribution in [0.2, 0.25) is 0 Å². The fourth-order valence-corrected chi connectivity index (χ4v) is 2.02. The summed E-state index contributed by atoms with van der Waals surface area (Å²) in [7, 11) is 1.54. The second-order valence-corrected chi connectivity index (χ2v) is 4.50. The van der Waals surface area contributed by atoms with Gasteiger partial charge in [0.2, 0.25) is 0 Å². The van der Waals surface area contributed by atoms with Gasteiger partial charge in [0, 0.05) is 18.2 Å². The van der Waals surface area contributed by atoms with E-state index >= 15 is 0 Å². The maximum Gasteiger partial charge on any atom is 0.320 e. The molecule has 0 aliphatic rings. The van der Waals surface area contributed by atoms with Crippen LogP contribution in [0, 0.1) is 20.2 Å². The van der Waals surface area contributed by atoms with E-state index in [-0.39, 0.29) is 17.8 Å². The lowest BCUT2D eigenvalue weighted by Crippen LogP contribution is -2.37. The first-order chi connectivity index (χ1) is 9.77. The topological polar surface area (TPSA) is 127 Å². The number of carbonyl (C=O) groups is 1. The average molecular weight is 297 g/mol. The monoisotopic (exact) mass is 297 g/mol. The number of nitro benzene ring substituents is 2. The predicted molar refractivity (Wildman–Crippen MR) is 72.9 cm³/mol. The van der Waals surface area contributed by atoms with Gasteiger partial charge in [-0.3, -0.25) is 29.9 Å². The van der Waals surface area contributed by atoms with E-state index in [1.165, 1.54) is 18.0 Å². The van der Waals surface area contributed by atoms with Crippen molar-refractivity contribution in [1.82, 2.24) is 4.90 Å². The Hall–Kier alpha value is -2.55. The van der Waals surface area contributed by atoms with Crippen molar-refractivity contribution in [2.45, 2.75) is 25.9 Å². The van der Waals surface area contributed by atoms with Gasteiger partial charge in [-0.1, -0.05) is 6.92 Å². The van der Waals surface area contributed by atoms with Crippen molar-refractivity contribution >= 4 is 17.3 Å². The molecule has 0 aliphatic carbocycles. The number of carboxylic acids is 1. The molecule has 9 nitrogen and oxygen atoms in total. The van der Waals surface area contributed by atoms with Crippen LogP contribution in [0.1, 0.15) is 18.9 Å². The molecule has 0 radical (unpaired) electrons. The Morgan fingerprint density at radius 2 is 1.95 bits per heavy atom. The number of non-ortho nitro benzene ring substituents is 1. The third-order valence-corrected chi connectivity index (χ3v) is 3.10. The second-order valence-electron chi connectivity index (χ2n) is 4.50. The van der Waals surface area contributed by atoms with Crippen LogP contribution in [-0.2, 0) is 11.3 Å². The van der Waals surface area contributed by atoms with Gasteiger partial charge in [-0.05, 0) is 19.5 Å². The molecule has 0 saturated heterocycles. The molecule has 1 atom stereocenters. The van der Waals surface area contributed by atoms with Gasteiger partial charge in [0.25, 0.3) is 11.4 Å². The maximum atomic E-state index is 11.1. The van der Waals surface area contributed by atoms with E-state index < -0.39 is 27.5 Å². The third-order valence-electron chi connectivity index (χ3n) is 3.10. The van der Waals surface area contributed by atoms with E-state index in [2.05, 4.69) is 0 Å². The zero-order valence-electron chi connectivity index (χ0n) is 11.6. The summed E-state index contributed by atoms with van der Waals surface area (Å²) >= 11 is 0. The van der Waals surface area contributed by atoms with Crippen molar-refractivity contribution in [3.05, 3.63) is 44.0 Å². The molecular formula is C12H15N3O6. The normalized spacial score (nSPS) is 12.1. The molecule has 1 unspecified atom stereocenters. The summed E-state index contributed by atoms with van der Waals surface area (Å²) in [5, 5.41) is 30.7. The lowest BCUT2D eigenvalue weighted by molar-refractivity contribution is -0.394. The molecular weight excluding hydrogens is 282 g/mol. The van der Waals surface area contributed by atoms with Gasteiger partial charge in [-0.2, -0.15) is 0 Å². The highest BCUT2D eigenvalue weighted by atomic mass is 16.6. The van der Waals surface area contributed by atoms with Crippen LogP contribution in [0.3, 0.4) is 0 Å². The first kappa shape index (κ1) is 16.5. The quantitative estimate of drug-likeness (QED) is 0.600. The Labute approximate surface area is 120 Å². The number of likely N-dealkylation sites (N-methyl/N-ethyl adjacent to an activating group) is 1. The zero-order chi connectivity index (χ0) is 16.2. The molecule has 114 valence electrons. The van der Waals surface area contributed by atoms with Crippen LogP contribution in [0.5, 0.6) is 0 Å². The number of nitrogens with zero attached hydrogens (tertiary/aromatic N) is 3. The Kier molecular flexibility index (Phi) is 5.30. The minimum absolute atomic E-state index is 0.0130. The summed E-state index contributed by atoms with van der Waals surface area (Å²) in [4.78, 5) is 32.7. The zero-order valence-corrected chi connectivity index (χ0v) is 11.6. The number of carboxylic acid groups (broad SMARTS) is 1. The predicted octanol–water partition coefficient (Wildman–Crippen LogP) is 1.80. The van der Waals surface area contributed by atoms with Crippen LogP contribution < -0.4 is 0 Å². The largest absolute Gasteiger partial charge is 0.480 e. The molecule has 0 aromatic heterocycles. The van der Waals surface area contributed by atoms with Crippen LogP contribution in [0.15, 0.2) is 18.2 Å². The summed E-state index contributed by atoms with van der Waals surface area (Å²) in [6.07, 6.45) is 0.340. The van der Waals surface area contributed by atoms with Crippen molar-refractivity contribution in [2.24, 2.45) is 0 Å². The van der Waals surface area contributed by atoms with E-state index in [9.17, 15) is 25.0 Å². The van der Waals surface area contributed by atoms with Gasteiger partial charge < -0.3 is 5.11 Å². The summed E-state index contributed by atoms with van der Waals surface area (Å²) < 4.78 is 0. The number of benzene rings is 1. The molecule has 0 amide bonds. The first-order valence-electron chi connectivity index (χ1n) is 6.12. The molecule has 1 aromatic rings. The van der Waals surface area contributed by atoms with Gasteiger partial charge in [0.05, 0.1) is 15.9 Å². The summed E-state index contributed by atoms with van der Waals surface area (Å²) in [6.45, 7) is 1.71. The summed E-state index contributed by atoms with van der Waals surface area (Å²) in [5.41, 5.74) is -0.539. The molecule has 0 bridgehead atoms. The van der Waals surface area contributed by atoms with Crippen molar-refractivity contribution in [2.75, 3.05) is 7.05 Å². The summed E-state index contributed by atoms with van der Waals surface area (Å²) in [5.74, 6) is -1.02.